The molecule has 0 fully saturated rings. The number of rotatable bonds is 1. The summed E-state index contributed by atoms with van der Waals surface area (Å²) in [6.45, 7) is 0. The summed E-state index contributed by atoms with van der Waals surface area (Å²) in [5, 5.41) is 41.6. The molecule has 0 spiro atoms. The van der Waals surface area contributed by atoms with Gasteiger partial charge >= 0.3 is 0 Å². The van der Waals surface area contributed by atoms with Gasteiger partial charge in [-0.2, -0.15) is 0 Å². The van der Waals surface area contributed by atoms with Crippen molar-refractivity contribution in [1.29, 1.82) is 0 Å². The topological polar surface area (TPSA) is 169 Å². The van der Waals surface area contributed by atoms with Crippen molar-refractivity contribution < 1.29 is 20.2 Å². The van der Waals surface area contributed by atoms with Gasteiger partial charge in [0.05, 0.1) is 18.9 Å². The molecule has 10 nitrogen and oxygen atoms in total. The van der Waals surface area contributed by atoms with Crippen LogP contribution in [0.5, 0.6) is 17.2 Å². The Balaban J connectivity index is 0.000000136. The molecule has 6 aromatic rings. The summed E-state index contributed by atoms with van der Waals surface area (Å²) in [7, 11) is 0. The number of nitro benzene ring substituents is 1. The first kappa shape index (κ1) is 27.5. The molecule has 0 amide bonds. The van der Waals surface area contributed by atoms with Gasteiger partial charge in [0.25, 0.3) is 5.69 Å². The van der Waals surface area contributed by atoms with Crippen molar-refractivity contribution in [2.45, 2.75) is 0 Å². The molecule has 0 atom stereocenters. The Bertz CT molecular complexity index is 1800. The Morgan fingerprint density at radius 1 is 0.769 bits per heavy atom. The van der Waals surface area contributed by atoms with E-state index in [2.05, 4.69) is 15.0 Å². The number of nitrogens with two attached hydrogens (primary N) is 1. The van der Waals surface area contributed by atoms with Gasteiger partial charge in [0.1, 0.15) is 28.0 Å². The molecular formula is C27H19ClIN5O5. The normalized spacial score (nSPS) is 10.4. The number of nitrogens with zero attached hydrogens (tertiary/aromatic N) is 4. The Kier molecular flexibility index (Phi) is 8.42. The zero-order valence-corrected chi connectivity index (χ0v) is 22.8. The van der Waals surface area contributed by atoms with Gasteiger partial charge in [0.2, 0.25) is 0 Å². The monoisotopic (exact) mass is 655 g/mol. The lowest BCUT2D eigenvalue weighted by atomic mass is 10.2. The Labute approximate surface area is 239 Å². The van der Waals surface area contributed by atoms with E-state index in [0.29, 0.717) is 30.7 Å². The molecule has 3 aromatic carbocycles. The molecule has 39 heavy (non-hydrogen) atoms. The average Bonchev–Trinajstić information content (AvgIpc) is 2.95. The molecule has 12 heteroatoms. The predicted molar refractivity (Wildman–Crippen MR) is 159 cm³/mol. The van der Waals surface area contributed by atoms with Crippen LogP contribution in [0.2, 0.25) is 5.02 Å². The maximum atomic E-state index is 10.6. The highest BCUT2D eigenvalue weighted by Gasteiger charge is 2.14. The maximum Gasteiger partial charge on any atom is 0.279 e. The zero-order chi connectivity index (χ0) is 28.1. The molecule has 0 radical (unpaired) electrons. The number of aromatic nitrogens is 3. The summed E-state index contributed by atoms with van der Waals surface area (Å²) in [5.41, 5.74) is 7.62. The van der Waals surface area contributed by atoms with Crippen molar-refractivity contribution in [2.75, 3.05) is 5.73 Å². The van der Waals surface area contributed by atoms with Crippen LogP contribution in [0.3, 0.4) is 0 Å². The van der Waals surface area contributed by atoms with Gasteiger partial charge in [-0.15, -0.1) is 0 Å². The molecule has 0 saturated heterocycles. The number of aromatic hydroxyl groups is 3. The lowest BCUT2D eigenvalue weighted by Gasteiger charge is -2.03. The van der Waals surface area contributed by atoms with Gasteiger partial charge in [-0.1, -0.05) is 11.6 Å². The van der Waals surface area contributed by atoms with E-state index in [1.807, 2.05) is 34.7 Å². The number of nitro groups is 1. The van der Waals surface area contributed by atoms with Gasteiger partial charge in [-0.3, -0.25) is 25.1 Å². The molecule has 6 rings (SSSR count). The van der Waals surface area contributed by atoms with Crippen LogP contribution >= 0.6 is 34.2 Å². The molecule has 3 heterocycles. The highest BCUT2D eigenvalue weighted by atomic mass is 127. The number of hydrogen-bond donors (Lipinski definition) is 4. The fourth-order valence-electron chi connectivity index (χ4n) is 3.64. The molecule has 196 valence electrons. The summed E-state index contributed by atoms with van der Waals surface area (Å²) in [4.78, 5) is 22.1. The van der Waals surface area contributed by atoms with Crippen molar-refractivity contribution in [3.8, 4) is 17.2 Å². The summed E-state index contributed by atoms with van der Waals surface area (Å²) in [6, 6.07) is 17.9. The molecule has 0 aliphatic rings. The van der Waals surface area contributed by atoms with E-state index in [1.54, 1.807) is 54.9 Å². The smallest absolute Gasteiger partial charge is 0.279 e. The number of benzene rings is 3. The third kappa shape index (κ3) is 5.99. The van der Waals surface area contributed by atoms with Crippen LogP contribution in [0.25, 0.3) is 32.7 Å². The van der Waals surface area contributed by atoms with Gasteiger partial charge in [0.15, 0.2) is 5.75 Å². The van der Waals surface area contributed by atoms with Gasteiger partial charge in [-0.05, 0) is 83.3 Å². The van der Waals surface area contributed by atoms with Crippen LogP contribution in [0.4, 0.5) is 11.4 Å². The van der Waals surface area contributed by atoms with Gasteiger partial charge in [-0.25, -0.2) is 0 Å². The molecule has 0 aliphatic heterocycles. The van der Waals surface area contributed by atoms with Crippen molar-refractivity contribution in [2.24, 2.45) is 0 Å². The van der Waals surface area contributed by atoms with Gasteiger partial charge in [0, 0.05) is 41.1 Å². The van der Waals surface area contributed by atoms with E-state index >= 15 is 0 Å². The number of anilines is 1. The highest BCUT2D eigenvalue weighted by Crippen LogP contribution is 2.33. The number of phenolic OH excluding ortho intramolecular Hbond substituents is 3. The summed E-state index contributed by atoms with van der Waals surface area (Å²) in [5.74, 6) is 0.312. The van der Waals surface area contributed by atoms with E-state index in [0.717, 1.165) is 10.8 Å². The standard InChI is InChI=1S/C9H5ClINO.C9H6N2O3.C9H8N2O/c10-6-4-7(11)9(13)8-5(6)2-1-3-12-8;12-8-4-3-7(11(13)14)6-2-1-5-10-9(6)8;10-7-3-4-8(12)9-6(7)2-1-5-11-9/h1-4,13H;1-5,12H;1-5,12H,10H2. The maximum absolute atomic E-state index is 10.6. The summed E-state index contributed by atoms with van der Waals surface area (Å²) in [6.07, 6.45) is 4.74. The quantitative estimate of drug-likeness (QED) is 0.0503. The molecule has 3 aromatic heterocycles. The minimum Gasteiger partial charge on any atom is -0.506 e. The Morgan fingerprint density at radius 2 is 1.28 bits per heavy atom. The number of hydrogen-bond acceptors (Lipinski definition) is 9. The lowest BCUT2D eigenvalue weighted by molar-refractivity contribution is -0.383. The number of phenols is 3. The zero-order valence-electron chi connectivity index (χ0n) is 19.9. The summed E-state index contributed by atoms with van der Waals surface area (Å²) < 4.78 is 0.716. The van der Waals surface area contributed by atoms with Crippen LogP contribution < -0.4 is 5.73 Å². The van der Waals surface area contributed by atoms with Crippen LogP contribution in [0.1, 0.15) is 0 Å². The lowest BCUT2D eigenvalue weighted by Crippen LogP contribution is -1.90. The van der Waals surface area contributed by atoms with Crippen molar-refractivity contribution in [1.82, 2.24) is 15.0 Å². The van der Waals surface area contributed by atoms with E-state index in [-0.39, 0.29) is 28.5 Å². The number of pyridine rings is 3. The van der Waals surface area contributed by atoms with Crippen molar-refractivity contribution in [3.63, 3.8) is 0 Å². The van der Waals surface area contributed by atoms with Crippen molar-refractivity contribution >= 4 is 78.3 Å². The Morgan fingerprint density at radius 3 is 1.87 bits per heavy atom. The predicted octanol–water partition coefficient (Wildman–Crippen LogP) is 6.57. The number of fused-ring (bicyclic) bond motifs is 3. The number of non-ortho nitro benzene ring substituents is 1. The van der Waals surface area contributed by atoms with Crippen LogP contribution in [-0.4, -0.2) is 35.2 Å². The number of nitrogen functional groups attached to an aromatic ring is 1. The second-order valence-corrected chi connectivity index (χ2v) is 9.49. The molecule has 5 N–H and O–H groups in total. The van der Waals surface area contributed by atoms with Gasteiger partial charge < -0.3 is 21.1 Å². The first-order valence-corrected chi connectivity index (χ1v) is 12.6. The van der Waals surface area contributed by atoms with E-state index in [4.69, 9.17) is 17.3 Å². The third-order valence-corrected chi connectivity index (χ3v) is 6.61. The Hall–Kier alpha value is -4.49. The largest absolute Gasteiger partial charge is 0.506 e. The van der Waals surface area contributed by atoms with E-state index < -0.39 is 4.92 Å². The fourth-order valence-corrected chi connectivity index (χ4v) is 4.65. The highest BCUT2D eigenvalue weighted by molar-refractivity contribution is 14.1. The molecular weight excluding hydrogens is 637 g/mol. The second-order valence-electron chi connectivity index (χ2n) is 7.92. The summed E-state index contributed by atoms with van der Waals surface area (Å²) >= 11 is 8.00. The van der Waals surface area contributed by atoms with Crippen LogP contribution in [0.15, 0.2) is 85.3 Å². The molecule has 0 aliphatic carbocycles. The van der Waals surface area contributed by atoms with E-state index in [9.17, 15) is 25.4 Å². The van der Waals surface area contributed by atoms with Crippen molar-refractivity contribution in [3.05, 3.63) is 104 Å². The number of halogens is 2. The molecule has 0 unspecified atom stereocenters. The van der Waals surface area contributed by atoms with E-state index in [1.165, 1.54) is 18.3 Å². The third-order valence-electron chi connectivity index (χ3n) is 5.47. The second kappa shape index (κ2) is 11.9. The van der Waals surface area contributed by atoms with Crippen LogP contribution in [0, 0.1) is 13.7 Å². The minimum atomic E-state index is -0.497. The average molecular weight is 656 g/mol. The first-order valence-electron chi connectivity index (χ1n) is 11.1. The minimum absolute atomic E-state index is 0.0498. The first-order chi connectivity index (χ1) is 18.7. The fraction of sp³-hybridized carbons (Fsp3) is 0. The van der Waals surface area contributed by atoms with Crippen LogP contribution in [-0.2, 0) is 0 Å². The molecule has 0 saturated carbocycles. The SMILES string of the molecule is Nc1ccc(O)c2ncccc12.O=[N+]([O-])c1ccc(O)c2ncccc12.Oc1c(I)cc(Cl)c2cccnc12. The molecule has 0 bridgehead atoms.